The van der Waals surface area contributed by atoms with E-state index in [1.165, 1.54) is 11.1 Å². The molecule has 0 amide bonds. The molecule has 2 heterocycles. The van der Waals surface area contributed by atoms with Gasteiger partial charge in [-0.1, -0.05) is 90.0 Å². The van der Waals surface area contributed by atoms with Gasteiger partial charge in [-0.15, -0.1) is 0 Å². The molecule has 0 saturated heterocycles. The number of hydrogen-bond acceptors (Lipinski definition) is 4. The average molecular weight is 499 g/mol. The molecule has 1 aromatic heterocycles. The lowest BCUT2D eigenvalue weighted by Gasteiger charge is -2.20. The van der Waals surface area contributed by atoms with Crippen molar-refractivity contribution in [1.82, 2.24) is 9.78 Å². The summed E-state index contributed by atoms with van der Waals surface area (Å²) in [4.78, 5) is 5.34. The fourth-order valence-electron chi connectivity index (χ4n) is 4.86. The molecule has 0 bridgehead atoms. The summed E-state index contributed by atoms with van der Waals surface area (Å²) in [6.45, 7) is 4.21. The highest BCUT2D eigenvalue weighted by Crippen LogP contribution is 2.43. The summed E-state index contributed by atoms with van der Waals surface area (Å²) < 4.78 is 7.41. The lowest BCUT2D eigenvalue weighted by Crippen LogP contribution is -2.16. The quantitative estimate of drug-likeness (QED) is 0.268. The van der Waals surface area contributed by atoms with Crippen molar-refractivity contribution in [2.45, 2.75) is 26.3 Å². The molecule has 1 aliphatic heterocycles. The molecule has 188 valence electrons. The fraction of sp³-hybridized carbons (Fsp3) is 0.152. The number of aromatic nitrogens is 2. The molecule has 4 aromatic carbocycles. The van der Waals surface area contributed by atoms with Crippen LogP contribution in [0.5, 0.6) is 5.75 Å². The van der Waals surface area contributed by atoms with Crippen LogP contribution >= 0.6 is 0 Å². The van der Waals surface area contributed by atoms with Gasteiger partial charge in [-0.2, -0.15) is 5.10 Å². The molecule has 1 aliphatic rings. The minimum Gasteiger partial charge on any atom is -0.497 e. The van der Waals surface area contributed by atoms with Crippen molar-refractivity contribution in [2.75, 3.05) is 12.4 Å². The van der Waals surface area contributed by atoms with Crippen molar-refractivity contribution in [3.8, 4) is 22.7 Å². The predicted octanol–water partition coefficient (Wildman–Crippen LogP) is 7.84. The van der Waals surface area contributed by atoms with E-state index in [4.69, 9.17) is 14.8 Å². The topological polar surface area (TPSA) is 51.4 Å². The number of ether oxygens (including phenoxy) is 1. The molecule has 0 radical (unpaired) electrons. The third kappa shape index (κ3) is 4.59. The number of fused-ring (bicyclic) bond motifs is 1. The van der Waals surface area contributed by atoms with Gasteiger partial charge in [-0.05, 0) is 49.2 Å². The molecule has 1 atom stereocenters. The SMILES string of the molecule is COc1ccc(C2CC(c3ccc(C)cc3)=Nc3c(-c4ccc(C)cc4)nn(-c4ccccc4)c3N2)cc1. The second-order valence-corrected chi connectivity index (χ2v) is 9.76. The molecule has 1 unspecified atom stereocenters. The first-order valence-corrected chi connectivity index (χ1v) is 12.9. The Kier molecular flexibility index (Phi) is 6.26. The van der Waals surface area contributed by atoms with E-state index in [-0.39, 0.29) is 6.04 Å². The van der Waals surface area contributed by atoms with Gasteiger partial charge in [-0.25, -0.2) is 9.67 Å². The van der Waals surface area contributed by atoms with Crippen molar-refractivity contribution in [3.63, 3.8) is 0 Å². The van der Waals surface area contributed by atoms with Crippen molar-refractivity contribution < 1.29 is 4.74 Å². The predicted molar refractivity (Wildman–Crippen MR) is 155 cm³/mol. The maximum absolute atomic E-state index is 5.42. The number of anilines is 1. The van der Waals surface area contributed by atoms with Gasteiger partial charge in [0.1, 0.15) is 17.1 Å². The second-order valence-electron chi connectivity index (χ2n) is 9.76. The first-order valence-electron chi connectivity index (χ1n) is 12.9. The van der Waals surface area contributed by atoms with Crippen LogP contribution in [0.2, 0.25) is 0 Å². The van der Waals surface area contributed by atoms with E-state index in [1.54, 1.807) is 7.11 Å². The van der Waals surface area contributed by atoms with Crippen LogP contribution in [0.1, 0.15) is 34.7 Å². The molecule has 6 rings (SSSR count). The van der Waals surface area contributed by atoms with Gasteiger partial charge in [0.2, 0.25) is 0 Å². The highest BCUT2D eigenvalue weighted by Gasteiger charge is 2.28. The van der Waals surface area contributed by atoms with Crippen molar-refractivity contribution in [1.29, 1.82) is 0 Å². The average Bonchev–Trinajstić information content (AvgIpc) is 3.18. The second kappa shape index (κ2) is 10.0. The van der Waals surface area contributed by atoms with E-state index >= 15 is 0 Å². The van der Waals surface area contributed by atoms with Crippen LogP contribution in [0.4, 0.5) is 11.5 Å². The Labute approximate surface area is 223 Å². The maximum atomic E-state index is 5.42. The van der Waals surface area contributed by atoms with Crippen LogP contribution in [0.3, 0.4) is 0 Å². The fourth-order valence-corrected chi connectivity index (χ4v) is 4.86. The summed E-state index contributed by atoms with van der Waals surface area (Å²) in [5.41, 5.74) is 9.48. The van der Waals surface area contributed by atoms with Gasteiger partial charge in [0.15, 0.2) is 5.82 Å². The standard InChI is InChI=1S/C33H30N4O/c1-22-9-13-24(14-10-22)29-21-30(25-17-19-28(38-3)20-18-25)35-33-32(34-29)31(26-15-11-23(2)12-16-26)36-37(33)27-7-5-4-6-8-27/h4-20,30,35H,21H2,1-3H3. The van der Waals surface area contributed by atoms with Crippen LogP contribution in [0, 0.1) is 13.8 Å². The van der Waals surface area contributed by atoms with Crippen molar-refractivity contribution >= 4 is 17.2 Å². The van der Waals surface area contributed by atoms with Crippen LogP contribution in [0.25, 0.3) is 16.9 Å². The molecule has 38 heavy (non-hydrogen) atoms. The minimum absolute atomic E-state index is 0.00719. The zero-order valence-corrected chi connectivity index (χ0v) is 21.8. The van der Waals surface area contributed by atoms with Gasteiger partial charge >= 0.3 is 0 Å². The third-order valence-electron chi connectivity index (χ3n) is 7.04. The van der Waals surface area contributed by atoms with E-state index in [0.717, 1.165) is 57.5 Å². The van der Waals surface area contributed by atoms with Crippen LogP contribution in [-0.2, 0) is 0 Å². The number of hydrogen-bond donors (Lipinski definition) is 1. The highest BCUT2D eigenvalue weighted by molar-refractivity contribution is 6.05. The number of methoxy groups -OCH3 is 1. The van der Waals surface area contributed by atoms with E-state index in [1.807, 2.05) is 35.0 Å². The minimum atomic E-state index is -0.00719. The number of nitrogens with zero attached hydrogens (tertiary/aromatic N) is 3. The number of rotatable bonds is 5. The number of benzene rings is 4. The highest BCUT2D eigenvalue weighted by atomic mass is 16.5. The zero-order valence-electron chi connectivity index (χ0n) is 21.8. The van der Waals surface area contributed by atoms with Gasteiger partial charge in [0.25, 0.3) is 0 Å². The largest absolute Gasteiger partial charge is 0.497 e. The molecule has 0 aliphatic carbocycles. The Bertz CT molecular complexity index is 1580. The Balaban J connectivity index is 1.58. The summed E-state index contributed by atoms with van der Waals surface area (Å²) in [6.07, 6.45) is 0.728. The molecule has 5 heteroatoms. The lowest BCUT2D eigenvalue weighted by molar-refractivity contribution is 0.414. The number of aryl methyl sites for hydroxylation is 2. The van der Waals surface area contributed by atoms with Gasteiger partial charge in [0.05, 0.1) is 24.6 Å². The molecule has 5 nitrogen and oxygen atoms in total. The number of para-hydroxylation sites is 1. The zero-order chi connectivity index (χ0) is 26.1. The summed E-state index contributed by atoms with van der Waals surface area (Å²) in [7, 11) is 1.69. The van der Waals surface area contributed by atoms with Gasteiger partial charge < -0.3 is 10.1 Å². The van der Waals surface area contributed by atoms with Gasteiger partial charge in [-0.3, -0.25) is 0 Å². The molecule has 1 N–H and O–H groups in total. The van der Waals surface area contributed by atoms with E-state index < -0.39 is 0 Å². The number of nitrogens with one attached hydrogen (secondary N) is 1. The summed E-state index contributed by atoms with van der Waals surface area (Å²) in [5, 5.41) is 8.97. The molecule has 0 saturated carbocycles. The van der Waals surface area contributed by atoms with E-state index in [9.17, 15) is 0 Å². The molecular weight excluding hydrogens is 468 g/mol. The van der Waals surface area contributed by atoms with Gasteiger partial charge in [0, 0.05) is 12.0 Å². The first-order chi connectivity index (χ1) is 18.6. The van der Waals surface area contributed by atoms with E-state index in [2.05, 4.69) is 92.0 Å². The van der Waals surface area contributed by atoms with Crippen LogP contribution in [-0.4, -0.2) is 22.6 Å². The maximum Gasteiger partial charge on any atom is 0.157 e. The summed E-state index contributed by atoms with van der Waals surface area (Å²) in [6, 6.07) is 35.6. The molecular formula is C33H30N4O. The summed E-state index contributed by atoms with van der Waals surface area (Å²) in [5.74, 6) is 1.72. The molecule has 0 fully saturated rings. The lowest BCUT2D eigenvalue weighted by atomic mass is 9.97. The first kappa shape index (κ1) is 23.7. The molecule has 5 aromatic rings. The molecule has 0 spiro atoms. The Morgan fingerprint density at radius 2 is 1.39 bits per heavy atom. The van der Waals surface area contributed by atoms with Crippen LogP contribution in [0.15, 0.2) is 108 Å². The number of aliphatic imine (C=N–C) groups is 1. The van der Waals surface area contributed by atoms with Crippen molar-refractivity contribution in [3.05, 3.63) is 125 Å². The Hall–Kier alpha value is -4.64. The third-order valence-corrected chi connectivity index (χ3v) is 7.04. The van der Waals surface area contributed by atoms with Crippen LogP contribution < -0.4 is 10.1 Å². The van der Waals surface area contributed by atoms with E-state index in [0.29, 0.717) is 0 Å². The van der Waals surface area contributed by atoms with Crippen molar-refractivity contribution in [2.24, 2.45) is 4.99 Å². The Morgan fingerprint density at radius 1 is 0.763 bits per heavy atom. The monoisotopic (exact) mass is 498 g/mol. The smallest absolute Gasteiger partial charge is 0.157 e. The normalized spacial score (nSPS) is 14.7. The Morgan fingerprint density at radius 3 is 2.03 bits per heavy atom. The summed E-state index contributed by atoms with van der Waals surface area (Å²) >= 11 is 0.